The Morgan fingerprint density at radius 2 is 1.62 bits per heavy atom. The molecule has 16 heavy (non-hydrogen) atoms. The number of anilines is 1. The molecule has 3 N–H and O–H groups in total. The molecular weight excluding hydrogens is 211 g/mol. The van der Waals surface area contributed by atoms with E-state index in [1.807, 2.05) is 0 Å². The van der Waals surface area contributed by atoms with E-state index in [0.717, 1.165) is 11.3 Å². The average Bonchev–Trinajstić information content (AvgIpc) is 2.50. The van der Waals surface area contributed by atoms with Gasteiger partial charge in [-0.1, -0.05) is 17.7 Å². The predicted octanol–water partition coefficient (Wildman–Crippen LogP) is 1.60. The monoisotopic (exact) mass is 225 g/mol. The van der Waals surface area contributed by atoms with E-state index in [-0.39, 0.29) is 29.6 Å². The van der Waals surface area contributed by atoms with Gasteiger partial charge in [0.05, 0.1) is 0 Å². The number of nitrogen functional groups attached to an aromatic ring is 1. The molecule has 1 aromatic heterocycles. The molecule has 1 radical (unpaired) electrons. The van der Waals surface area contributed by atoms with Gasteiger partial charge in [0.2, 0.25) is 0 Å². The first-order valence-corrected chi connectivity index (χ1v) is 4.84. The Hall–Kier alpha value is -0.840. The van der Waals surface area contributed by atoms with E-state index in [4.69, 9.17) is 5.73 Å². The van der Waals surface area contributed by atoms with Gasteiger partial charge in [-0.3, -0.25) is 0 Å². The maximum atomic E-state index is 5.74. The van der Waals surface area contributed by atoms with Crippen LogP contribution in [0.4, 0.5) is 5.82 Å². The van der Waals surface area contributed by atoms with Gasteiger partial charge < -0.3 is 5.73 Å². The number of nitrogens with zero attached hydrogens (tertiary/aromatic N) is 2. The van der Waals surface area contributed by atoms with Gasteiger partial charge in [0.25, 0.3) is 0 Å². The Balaban J connectivity index is 0.00000128. The van der Waals surface area contributed by atoms with Gasteiger partial charge in [-0.25, -0.2) is 0 Å². The van der Waals surface area contributed by atoms with E-state index in [1.165, 1.54) is 16.7 Å². The van der Waals surface area contributed by atoms with Crippen LogP contribution in [0.1, 0.15) is 16.7 Å². The molecule has 79 valence electrons. The molecule has 0 saturated carbocycles. The molecule has 2 aromatic rings. The Kier molecular flexibility index (Phi) is 4.13. The van der Waals surface area contributed by atoms with Crippen LogP contribution in [0.25, 0.3) is 11.3 Å². The van der Waals surface area contributed by atoms with Crippen LogP contribution in [0.15, 0.2) is 12.1 Å². The fourth-order valence-corrected chi connectivity index (χ4v) is 1.98. The van der Waals surface area contributed by atoms with Crippen molar-refractivity contribution < 1.29 is 0 Å². The summed E-state index contributed by atoms with van der Waals surface area (Å²) >= 11 is 0. The number of nitrogens with two attached hydrogens (primary N) is 1. The van der Waals surface area contributed by atoms with E-state index < -0.39 is 0 Å². The molecule has 0 spiro atoms. The summed E-state index contributed by atoms with van der Waals surface area (Å²) < 4.78 is 0. The van der Waals surface area contributed by atoms with Gasteiger partial charge in [0.15, 0.2) is 5.82 Å². The minimum atomic E-state index is 0. The van der Waals surface area contributed by atoms with E-state index in [0.29, 0.717) is 5.82 Å². The predicted molar refractivity (Wildman–Crippen MR) is 66.2 cm³/mol. The number of benzene rings is 1. The summed E-state index contributed by atoms with van der Waals surface area (Å²) in [7, 11) is 0. The van der Waals surface area contributed by atoms with Crippen LogP contribution in [0.2, 0.25) is 0 Å². The van der Waals surface area contributed by atoms with Gasteiger partial charge in [-0.05, 0) is 31.9 Å². The number of H-pyrrole nitrogens is 1. The largest absolute Gasteiger partial charge is 0.380 e. The third kappa shape index (κ3) is 2.29. The average molecular weight is 225 g/mol. The molecule has 0 amide bonds. The van der Waals surface area contributed by atoms with E-state index in [1.54, 1.807) is 0 Å². The minimum absolute atomic E-state index is 0. The number of nitrogens with one attached hydrogen (secondary N) is 1. The third-order valence-corrected chi connectivity index (χ3v) is 2.49. The van der Waals surface area contributed by atoms with Crippen molar-refractivity contribution in [3.8, 4) is 11.3 Å². The molecule has 0 aliphatic heterocycles. The van der Waals surface area contributed by atoms with Crippen LogP contribution >= 0.6 is 0 Å². The first-order valence-electron chi connectivity index (χ1n) is 4.84. The molecule has 1 aromatic carbocycles. The summed E-state index contributed by atoms with van der Waals surface area (Å²) in [5, 5.41) is 10.5. The van der Waals surface area contributed by atoms with Crippen LogP contribution in [0.3, 0.4) is 0 Å². The first kappa shape index (κ1) is 13.2. The maximum Gasteiger partial charge on any atom is 0.173 e. The van der Waals surface area contributed by atoms with E-state index in [9.17, 15) is 0 Å². The number of hydrogen-bond acceptors (Lipinski definition) is 3. The van der Waals surface area contributed by atoms with Gasteiger partial charge >= 0.3 is 0 Å². The Labute approximate surface area is 117 Å². The molecular formula is C11H14N4Na. The minimum Gasteiger partial charge on any atom is -0.380 e. The van der Waals surface area contributed by atoms with Gasteiger partial charge in [0, 0.05) is 35.1 Å². The number of aryl methyl sites for hydroxylation is 3. The quantitative estimate of drug-likeness (QED) is 0.724. The van der Waals surface area contributed by atoms with Crippen molar-refractivity contribution in [3.05, 3.63) is 28.8 Å². The van der Waals surface area contributed by atoms with Gasteiger partial charge in [-0.15, -0.1) is 5.10 Å². The molecule has 0 atom stereocenters. The molecule has 4 nitrogen and oxygen atoms in total. The zero-order valence-electron chi connectivity index (χ0n) is 10.1. The third-order valence-electron chi connectivity index (χ3n) is 2.49. The Morgan fingerprint density at radius 3 is 2.06 bits per heavy atom. The molecule has 5 heteroatoms. The zero-order valence-corrected chi connectivity index (χ0v) is 12.1. The van der Waals surface area contributed by atoms with E-state index >= 15 is 0 Å². The molecule has 0 saturated heterocycles. The summed E-state index contributed by atoms with van der Waals surface area (Å²) in [6, 6.07) is 4.24. The second-order valence-corrected chi connectivity index (χ2v) is 3.83. The molecule has 0 aliphatic carbocycles. The molecule has 0 unspecified atom stereocenters. The van der Waals surface area contributed by atoms with Crippen molar-refractivity contribution in [1.29, 1.82) is 0 Å². The summed E-state index contributed by atoms with van der Waals surface area (Å²) in [5.74, 6) is 0.449. The number of hydrogen-bond donors (Lipinski definition) is 2. The Morgan fingerprint density at radius 1 is 1.06 bits per heavy atom. The summed E-state index contributed by atoms with van der Waals surface area (Å²) in [6.45, 7) is 6.20. The SMILES string of the molecule is Cc1cc(C)c(-c2n[nH]nc2N)c(C)c1.[Na]. The van der Waals surface area contributed by atoms with Crippen molar-refractivity contribution in [2.75, 3.05) is 5.73 Å². The normalized spacial score (nSPS) is 9.94. The van der Waals surface area contributed by atoms with Crippen molar-refractivity contribution in [2.24, 2.45) is 0 Å². The topological polar surface area (TPSA) is 67.6 Å². The van der Waals surface area contributed by atoms with E-state index in [2.05, 4.69) is 48.3 Å². The molecule has 2 rings (SSSR count). The molecule has 0 bridgehead atoms. The maximum absolute atomic E-state index is 5.74. The molecule has 0 aliphatic rings. The summed E-state index contributed by atoms with van der Waals surface area (Å²) in [6.07, 6.45) is 0. The zero-order chi connectivity index (χ0) is 11.0. The standard InChI is InChI=1S/C11H14N4.Na/c1-6-4-7(2)9(8(3)5-6)10-11(12)14-15-13-10;/h4-5H,1-3H3,(H3,12,13,14,15);. The number of aromatic amines is 1. The van der Waals surface area contributed by atoms with Crippen LogP contribution < -0.4 is 5.73 Å². The first-order chi connectivity index (χ1) is 7.09. The second kappa shape index (κ2) is 4.99. The smallest absolute Gasteiger partial charge is 0.173 e. The van der Waals surface area contributed by atoms with Crippen LogP contribution in [-0.2, 0) is 0 Å². The molecule has 1 heterocycles. The van der Waals surface area contributed by atoms with Crippen molar-refractivity contribution in [3.63, 3.8) is 0 Å². The van der Waals surface area contributed by atoms with Crippen LogP contribution in [0.5, 0.6) is 0 Å². The van der Waals surface area contributed by atoms with Gasteiger partial charge in [0.1, 0.15) is 5.69 Å². The van der Waals surface area contributed by atoms with Gasteiger partial charge in [-0.2, -0.15) is 10.3 Å². The summed E-state index contributed by atoms with van der Waals surface area (Å²) in [5.41, 5.74) is 11.2. The number of rotatable bonds is 1. The molecule has 0 fully saturated rings. The van der Waals surface area contributed by atoms with Crippen molar-refractivity contribution in [1.82, 2.24) is 15.4 Å². The van der Waals surface area contributed by atoms with Crippen LogP contribution in [0, 0.1) is 20.8 Å². The fraction of sp³-hybridized carbons (Fsp3) is 0.273. The number of aromatic nitrogens is 3. The Bertz CT molecular complexity index is 481. The van der Waals surface area contributed by atoms with Crippen molar-refractivity contribution in [2.45, 2.75) is 20.8 Å². The second-order valence-electron chi connectivity index (χ2n) is 3.83. The fourth-order valence-electron chi connectivity index (χ4n) is 1.98. The van der Waals surface area contributed by atoms with Crippen molar-refractivity contribution >= 4 is 35.4 Å². The van der Waals surface area contributed by atoms with Crippen LogP contribution in [-0.4, -0.2) is 45.0 Å². The summed E-state index contributed by atoms with van der Waals surface area (Å²) in [4.78, 5) is 0.